The maximum Gasteiger partial charge on any atom is 0.316 e. The molecule has 4 nitrogen and oxygen atoms in total. The van der Waals surface area contributed by atoms with Gasteiger partial charge in [-0.15, -0.1) is 0 Å². The van der Waals surface area contributed by atoms with E-state index in [0.29, 0.717) is 16.5 Å². The molecule has 0 saturated carbocycles. The van der Waals surface area contributed by atoms with Gasteiger partial charge in [0.25, 0.3) is 0 Å². The maximum absolute atomic E-state index is 12.2. The monoisotopic (exact) mass is 313 g/mol. The van der Waals surface area contributed by atoms with Crippen LogP contribution in [0.1, 0.15) is 37.0 Å². The fourth-order valence-corrected chi connectivity index (χ4v) is 2.00. The topological polar surface area (TPSA) is 56.3 Å². The van der Waals surface area contributed by atoms with E-state index >= 15 is 0 Å². The standard InChI is InChI=1S/C13H16BrNO3/c1-3-5-11(13(17)18-4-2)12(16)9-6-10(14)8-15-7-9/h6-8,11H,3-5H2,1-2H3. The van der Waals surface area contributed by atoms with Gasteiger partial charge in [-0.1, -0.05) is 13.3 Å². The highest BCUT2D eigenvalue weighted by Gasteiger charge is 2.28. The Morgan fingerprint density at radius 3 is 2.67 bits per heavy atom. The van der Waals surface area contributed by atoms with Gasteiger partial charge in [-0.3, -0.25) is 14.6 Å². The first-order valence-electron chi connectivity index (χ1n) is 5.91. The van der Waals surface area contributed by atoms with Crippen LogP contribution >= 0.6 is 15.9 Å². The third-order valence-electron chi connectivity index (χ3n) is 2.45. The molecule has 1 heterocycles. The first kappa shape index (κ1) is 14.8. The van der Waals surface area contributed by atoms with Crippen LogP contribution in [0, 0.1) is 5.92 Å². The fraction of sp³-hybridized carbons (Fsp3) is 0.462. The molecule has 1 aromatic rings. The van der Waals surface area contributed by atoms with Crippen molar-refractivity contribution in [1.29, 1.82) is 0 Å². The average molecular weight is 314 g/mol. The van der Waals surface area contributed by atoms with Crippen molar-refractivity contribution < 1.29 is 14.3 Å². The van der Waals surface area contributed by atoms with Gasteiger partial charge in [0.1, 0.15) is 5.92 Å². The molecule has 1 aromatic heterocycles. The minimum absolute atomic E-state index is 0.232. The Morgan fingerprint density at radius 2 is 2.11 bits per heavy atom. The number of pyridine rings is 1. The molecule has 0 aliphatic carbocycles. The molecule has 0 aliphatic rings. The summed E-state index contributed by atoms with van der Waals surface area (Å²) >= 11 is 3.26. The van der Waals surface area contributed by atoms with Gasteiger partial charge < -0.3 is 4.74 Å². The van der Waals surface area contributed by atoms with Crippen LogP contribution in [0.15, 0.2) is 22.9 Å². The zero-order valence-corrected chi connectivity index (χ0v) is 12.1. The second-order valence-electron chi connectivity index (χ2n) is 3.85. The molecule has 1 atom stereocenters. The van der Waals surface area contributed by atoms with E-state index in [9.17, 15) is 9.59 Å². The van der Waals surface area contributed by atoms with Gasteiger partial charge in [-0.2, -0.15) is 0 Å². The molecule has 0 fully saturated rings. The van der Waals surface area contributed by atoms with E-state index in [1.165, 1.54) is 6.20 Å². The molecule has 0 saturated heterocycles. The van der Waals surface area contributed by atoms with Gasteiger partial charge in [-0.25, -0.2) is 0 Å². The molecule has 0 bridgehead atoms. The third kappa shape index (κ3) is 3.91. The van der Waals surface area contributed by atoms with Crippen LogP contribution in [0.2, 0.25) is 0 Å². The van der Waals surface area contributed by atoms with Crippen LogP contribution in [0.4, 0.5) is 0 Å². The van der Waals surface area contributed by atoms with E-state index in [0.717, 1.165) is 6.42 Å². The van der Waals surface area contributed by atoms with Gasteiger partial charge in [0.15, 0.2) is 5.78 Å². The molecular weight excluding hydrogens is 298 g/mol. The Kier molecular flexibility index (Phi) is 5.98. The summed E-state index contributed by atoms with van der Waals surface area (Å²) in [6, 6.07) is 1.66. The van der Waals surface area contributed by atoms with Crippen molar-refractivity contribution in [2.75, 3.05) is 6.61 Å². The number of carbonyl (C=O) groups excluding carboxylic acids is 2. The molecule has 0 N–H and O–H groups in total. The van der Waals surface area contributed by atoms with Crippen LogP contribution in [-0.2, 0) is 9.53 Å². The SMILES string of the molecule is CCCC(C(=O)OCC)C(=O)c1cncc(Br)c1. The second-order valence-corrected chi connectivity index (χ2v) is 4.77. The number of hydrogen-bond donors (Lipinski definition) is 0. The van der Waals surface area contributed by atoms with E-state index in [1.807, 2.05) is 6.92 Å². The summed E-state index contributed by atoms with van der Waals surface area (Å²) in [4.78, 5) is 27.9. The molecule has 18 heavy (non-hydrogen) atoms. The fourth-order valence-electron chi connectivity index (χ4n) is 1.64. The molecule has 0 spiro atoms. The molecular formula is C13H16BrNO3. The summed E-state index contributed by atoms with van der Waals surface area (Å²) in [5.41, 5.74) is 0.427. The first-order valence-corrected chi connectivity index (χ1v) is 6.70. The number of halogens is 1. The molecule has 0 amide bonds. The average Bonchev–Trinajstić information content (AvgIpc) is 2.35. The van der Waals surface area contributed by atoms with Crippen LogP contribution in [0.3, 0.4) is 0 Å². The van der Waals surface area contributed by atoms with Crippen LogP contribution in [-0.4, -0.2) is 23.3 Å². The number of aromatic nitrogens is 1. The lowest BCUT2D eigenvalue weighted by atomic mass is 9.94. The highest BCUT2D eigenvalue weighted by atomic mass is 79.9. The zero-order chi connectivity index (χ0) is 13.5. The van der Waals surface area contributed by atoms with Gasteiger partial charge in [0.2, 0.25) is 0 Å². The Balaban J connectivity index is 2.92. The largest absolute Gasteiger partial charge is 0.465 e. The van der Waals surface area contributed by atoms with Crippen LogP contribution in [0.5, 0.6) is 0 Å². The number of ether oxygens (including phenoxy) is 1. The molecule has 5 heteroatoms. The third-order valence-corrected chi connectivity index (χ3v) is 2.89. The van der Waals surface area contributed by atoms with Crippen molar-refractivity contribution >= 4 is 27.7 Å². The van der Waals surface area contributed by atoms with Gasteiger partial charge >= 0.3 is 5.97 Å². The smallest absolute Gasteiger partial charge is 0.316 e. The summed E-state index contributed by atoms with van der Waals surface area (Å²) in [5.74, 6) is -1.42. The molecule has 1 rings (SSSR count). The van der Waals surface area contributed by atoms with Gasteiger partial charge in [0.05, 0.1) is 6.61 Å². The van der Waals surface area contributed by atoms with E-state index < -0.39 is 11.9 Å². The molecule has 1 unspecified atom stereocenters. The van der Waals surface area contributed by atoms with Crippen molar-refractivity contribution in [3.63, 3.8) is 0 Å². The normalized spacial score (nSPS) is 11.9. The van der Waals surface area contributed by atoms with Crippen molar-refractivity contribution in [3.05, 3.63) is 28.5 Å². The van der Waals surface area contributed by atoms with E-state index in [-0.39, 0.29) is 12.4 Å². The second kappa shape index (κ2) is 7.26. The minimum atomic E-state index is -0.731. The lowest BCUT2D eigenvalue weighted by Crippen LogP contribution is -2.26. The Morgan fingerprint density at radius 1 is 1.39 bits per heavy atom. The predicted molar refractivity (Wildman–Crippen MR) is 71.3 cm³/mol. The van der Waals surface area contributed by atoms with E-state index in [4.69, 9.17) is 4.74 Å². The summed E-state index contributed by atoms with van der Waals surface area (Å²) in [6.07, 6.45) is 4.30. The summed E-state index contributed by atoms with van der Waals surface area (Å²) in [6.45, 7) is 3.94. The Labute approximate surface area is 115 Å². The highest BCUT2D eigenvalue weighted by Crippen LogP contribution is 2.18. The number of esters is 1. The quantitative estimate of drug-likeness (QED) is 0.460. The highest BCUT2D eigenvalue weighted by molar-refractivity contribution is 9.10. The maximum atomic E-state index is 12.2. The number of Topliss-reactive ketones (excluding diaryl/α,β-unsaturated/α-hetero) is 1. The van der Waals surface area contributed by atoms with Crippen LogP contribution < -0.4 is 0 Å². The van der Waals surface area contributed by atoms with Crippen molar-refractivity contribution in [1.82, 2.24) is 4.98 Å². The van der Waals surface area contributed by atoms with Crippen molar-refractivity contribution in [2.45, 2.75) is 26.7 Å². The predicted octanol–water partition coefficient (Wildman–Crippen LogP) is 3.01. The zero-order valence-electron chi connectivity index (χ0n) is 10.5. The molecule has 98 valence electrons. The summed E-state index contributed by atoms with van der Waals surface area (Å²) in [7, 11) is 0. The number of nitrogens with zero attached hydrogens (tertiary/aromatic N) is 1. The number of hydrogen-bond acceptors (Lipinski definition) is 4. The Hall–Kier alpha value is -1.23. The first-order chi connectivity index (χ1) is 8.60. The van der Waals surface area contributed by atoms with Gasteiger partial charge in [-0.05, 0) is 35.3 Å². The summed E-state index contributed by atoms with van der Waals surface area (Å²) in [5, 5.41) is 0. The lowest BCUT2D eigenvalue weighted by Gasteiger charge is -2.13. The van der Waals surface area contributed by atoms with Crippen molar-refractivity contribution in [3.8, 4) is 0 Å². The lowest BCUT2D eigenvalue weighted by molar-refractivity contribution is -0.146. The van der Waals surface area contributed by atoms with Crippen molar-refractivity contribution in [2.24, 2.45) is 5.92 Å². The Bertz CT molecular complexity index is 434. The van der Waals surface area contributed by atoms with Crippen LogP contribution in [0.25, 0.3) is 0 Å². The number of carbonyl (C=O) groups is 2. The number of rotatable bonds is 6. The summed E-state index contributed by atoms with van der Waals surface area (Å²) < 4.78 is 5.65. The number of ketones is 1. The molecule has 0 radical (unpaired) electrons. The van der Waals surface area contributed by atoms with E-state index in [1.54, 1.807) is 19.2 Å². The molecule has 0 aromatic carbocycles. The minimum Gasteiger partial charge on any atom is -0.465 e. The molecule has 0 aliphatic heterocycles. The van der Waals surface area contributed by atoms with Gasteiger partial charge in [0, 0.05) is 22.4 Å². The van der Waals surface area contributed by atoms with E-state index in [2.05, 4.69) is 20.9 Å².